The van der Waals surface area contributed by atoms with Gasteiger partial charge < -0.3 is 29.9 Å². The van der Waals surface area contributed by atoms with E-state index in [4.69, 9.17) is 20.2 Å². The lowest BCUT2D eigenvalue weighted by Gasteiger charge is -2.39. The quantitative estimate of drug-likeness (QED) is 0.237. The fourth-order valence-electron chi connectivity index (χ4n) is 6.65. The van der Waals surface area contributed by atoms with Gasteiger partial charge in [0.05, 0.1) is 25.5 Å². The first kappa shape index (κ1) is 31.3. The Bertz CT molecular complexity index is 1660. The summed E-state index contributed by atoms with van der Waals surface area (Å²) in [6.45, 7) is 8.78. The largest absolute Gasteiger partial charge is 0.493 e. The van der Waals surface area contributed by atoms with Gasteiger partial charge in [0.1, 0.15) is 0 Å². The third-order valence-electron chi connectivity index (χ3n) is 9.23. The molecule has 6 rings (SSSR count). The second-order valence-electron chi connectivity index (χ2n) is 12.2. The highest BCUT2D eigenvalue weighted by Crippen LogP contribution is 2.42. The summed E-state index contributed by atoms with van der Waals surface area (Å²) in [4.78, 5) is 40.8. The highest BCUT2D eigenvalue weighted by atomic mass is 16.5. The van der Waals surface area contributed by atoms with Crippen LogP contribution in [0.25, 0.3) is 0 Å². The second kappa shape index (κ2) is 13.3. The summed E-state index contributed by atoms with van der Waals surface area (Å²) in [5.41, 5.74) is 12.6. The number of amides is 1. The van der Waals surface area contributed by atoms with Gasteiger partial charge in [0.15, 0.2) is 23.2 Å². The number of nitrogens with two attached hydrogens (primary N) is 1. The summed E-state index contributed by atoms with van der Waals surface area (Å²) in [5, 5.41) is 0. The molecule has 2 fully saturated rings. The van der Waals surface area contributed by atoms with Crippen LogP contribution >= 0.6 is 0 Å². The molecular weight excluding hydrogens is 580 g/mol. The number of ketones is 1. The molecule has 10 heteroatoms. The number of benzene rings is 3. The average molecular weight is 623 g/mol. The fourth-order valence-corrected chi connectivity index (χ4v) is 6.65. The second-order valence-corrected chi connectivity index (χ2v) is 12.2. The van der Waals surface area contributed by atoms with Gasteiger partial charge in [0.25, 0.3) is 5.91 Å². The maximum atomic E-state index is 13.2. The van der Waals surface area contributed by atoms with E-state index in [1.54, 1.807) is 26.2 Å². The van der Waals surface area contributed by atoms with Crippen LogP contribution in [0.15, 0.2) is 70.6 Å². The zero-order valence-corrected chi connectivity index (χ0v) is 27.0. The number of hydrogen-bond donors (Lipinski definition) is 1. The van der Waals surface area contributed by atoms with Crippen molar-refractivity contribution in [2.45, 2.75) is 32.2 Å². The average Bonchev–Trinajstić information content (AvgIpc) is 3.08. The van der Waals surface area contributed by atoms with E-state index in [0.29, 0.717) is 36.6 Å². The first-order chi connectivity index (χ1) is 22.2. The number of likely N-dealkylation sites (N-methyl/N-ethyl adjacent to an activating group) is 1. The Labute approximate surface area is 270 Å². The predicted octanol–water partition coefficient (Wildman–Crippen LogP) is 4.21. The lowest BCUT2D eigenvalue weighted by atomic mass is 9.79. The molecular formula is C36H42N6O4. The zero-order chi connectivity index (χ0) is 32.4. The van der Waals surface area contributed by atoms with Gasteiger partial charge in [-0.2, -0.15) is 4.99 Å². The lowest BCUT2D eigenvalue weighted by molar-refractivity contribution is 0.0996. The standard InChI is InChI=1S/C36H42N6O4/c1-5-46-33-20-28-29(21-32(33)45-4)34(38-31-14-15-40(3)22-30(28)31)25-6-8-26(9-7-25)35(44)39-36(37)42-18-16-41(17-19-42)27-12-10-24(11-13-27)23(2)43/h6-13,20-21,30-31H,5,14-19,22H2,1-4H3,(H2,37,39,44). The number of fused-ring (bicyclic) bond motifs is 3. The zero-order valence-electron chi connectivity index (χ0n) is 27.0. The van der Waals surface area contributed by atoms with Crippen molar-refractivity contribution in [3.63, 3.8) is 0 Å². The number of guanidine groups is 1. The first-order valence-electron chi connectivity index (χ1n) is 16.0. The van der Waals surface area contributed by atoms with Gasteiger partial charge in [0.2, 0.25) is 0 Å². The minimum Gasteiger partial charge on any atom is -0.493 e. The van der Waals surface area contributed by atoms with Gasteiger partial charge in [-0.25, -0.2) is 0 Å². The van der Waals surface area contributed by atoms with Gasteiger partial charge in [0, 0.05) is 66.6 Å². The Morgan fingerprint density at radius 2 is 1.65 bits per heavy atom. The van der Waals surface area contributed by atoms with Gasteiger partial charge in [-0.3, -0.25) is 14.6 Å². The summed E-state index contributed by atoms with van der Waals surface area (Å²) in [6, 6.07) is 19.5. The van der Waals surface area contributed by atoms with Crippen molar-refractivity contribution in [3.05, 3.63) is 88.5 Å². The van der Waals surface area contributed by atoms with Gasteiger partial charge in [-0.15, -0.1) is 0 Å². The number of likely N-dealkylation sites (tertiary alicyclic amines) is 1. The van der Waals surface area contributed by atoms with E-state index < -0.39 is 0 Å². The summed E-state index contributed by atoms with van der Waals surface area (Å²) in [5.74, 6) is 1.59. The molecule has 3 aromatic carbocycles. The molecule has 46 heavy (non-hydrogen) atoms. The lowest BCUT2D eigenvalue weighted by Crippen LogP contribution is -2.51. The highest BCUT2D eigenvalue weighted by Gasteiger charge is 2.36. The summed E-state index contributed by atoms with van der Waals surface area (Å²) in [7, 11) is 3.81. The van der Waals surface area contributed by atoms with E-state index in [-0.39, 0.29) is 29.6 Å². The molecule has 0 aliphatic carbocycles. The van der Waals surface area contributed by atoms with Crippen LogP contribution < -0.4 is 20.1 Å². The normalized spacial score (nSPS) is 20.0. The minimum atomic E-state index is -0.379. The van der Waals surface area contributed by atoms with Crippen molar-refractivity contribution in [1.82, 2.24) is 9.80 Å². The van der Waals surface area contributed by atoms with Gasteiger partial charge >= 0.3 is 0 Å². The highest BCUT2D eigenvalue weighted by molar-refractivity contribution is 6.15. The molecule has 3 aliphatic rings. The van der Waals surface area contributed by atoms with E-state index in [9.17, 15) is 9.59 Å². The van der Waals surface area contributed by atoms with Crippen molar-refractivity contribution >= 4 is 29.0 Å². The molecule has 0 radical (unpaired) electrons. The molecule has 3 aliphatic heterocycles. The minimum absolute atomic E-state index is 0.0515. The molecule has 10 nitrogen and oxygen atoms in total. The van der Waals surface area contributed by atoms with Crippen LogP contribution in [0, 0.1) is 0 Å². The van der Waals surface area contributed by atoms with Crippen LogP contribution in [-0.2, 0) is 0 Å². The number of piperidine rings is 1. The van der Waals surface area contributed by atoms with Gasteiger partial charge in [-0.05, 0) is 88.0 Å². The SMILES string of the molecule is CCOc1cc2c(cc1OC)C(c1ccc(C(=O)N=C(N)N3CCN(c4ccc(C(C)=O)cc4)CC3)cc1)=NC1CCN(C)CC21. The van der Waals surface area contributed by atoms with Crippen LogP contribution in [0.2, 0.25) is 0 Å². The smallest absolute Gasteiger partial charge is 0.280 e. The number of piperazine rings is 1. The van der Waals surface area contributed by atoms with Crippen molar-refractivity contribution in [1.29, 1.82) is 0 Å². The molecule has 2 saturated heterocycles. The van der Waals surface area contributed by atoms with Gasteiger partial charge in [-0.1, -0.05) is 12.1 Å². The number of carbonyl (C=O) groups is 2. The molecule has 3 aromatic rings. The van der Waals surface area contributed by atoms with Crippen LogP contribution in [-0.4, -0.2) is 99.2 Å². The monoisotopic (exact) mass is 622 g/mol. The summed E-state index contributed by atoms with van der Waals surface area (Å²) < 4.78 is 11.6. The topological polar surface area (TPSA) is 113 Å². The number of anilines is 1. The fraction of sp³-hybridized carbons (Fsp3) is 0.389. The Balaban J connectivity index is 1.17. The molecule has 3 heterocycles. The Morgan fingerprint density at radius 1 is 0.957 bits per heavy atom. The Morgan fingerprint density at radius 3 is 2.30 bits per heavy atom. The Hall–Kier alpha value is -4.70. The number of ether oxygens (including phenoxy) is 2. The Kier molecular flexibility index (Phi) is 9.08. The number of carbonyl (C=O) groups excluding carboxylic acids is 2. The molecule has 2 atom stereocenters. The first-order valence-corrected chi connectivity index (χ1v) is 16.0. The van der Waals surface area contributed by atoms with E-state index in [2.05, 4.69) is 27.9 Å². The van der Waals surface area contributed by atoms with E-state index in [1.807, 2.05) is 54.3 Å². The summed E-state index contributed by atoms with van der Waals surface area (Å²) in [6.07, 6.45) is 0.977. The van der Waals surface area contributed by atoms with Crippen LogP contribution in [0.4, 0.5) is 5.69 Å². The number of rotatable bonds is 7. The van der Waals surface area contributed by atoms with Crippen molar-refractivity contribution in [2.24, 2.45) is 15.7 Å². The van der Waals surface area contributed by atoms with E-state index in [1.165, 1.54) is 5.56 Å². The third kappa shape index (κ3) is 6.35. The number of nitrogens with zero attached hydrogens (tertiary/aromatic N) is 5. The van der Waals surface area contributed by atoms with Crippen LogP contribution in [0.5, 0.6) is 11.5 Å². The van der Waals surface area contributed by atoms with E-state index in [0.717, 1.165) is 60.9 Å². The van der Waals surface area contributed by atoms with Crippen LogP contribution in [0.3, 0.4) is 0 Å². The number of hydrogen-bond acceptors (Lipinski definition) is 7. The van der Waals surface area contributed by atoms with E-state index >= 15 is 0 Å². The third-order valence-corrected chi connectivity index (χ3v) is 9.23. The number of aliphatic imine (C=N–C) groups is 2. The maximum Gasteiger partial charge on any atom is 0.280 e. The molecule has 2 unspecified atom stereocenters. The molecule has 1 amide bonds. The van der Waals surface area contributed by atoms with Crippen molar-refractivity contribution in [3.8, 4) is 11.5 Å². The molecule has 2 N–H and O–H groups in total. The summed E-state index contributed by atoms with van der Waals surface area (Å²) >= 11 is 0. The molecule has 0 saturated carbocycles. The maximum absolute atomic E-state index is 13.2. The van der Waals surface area contributed by atoms with Crippen molar-refractivity contribution < 1.29 is 19.1 Å². The van der Waals surface area contributed by atoms with Crippen molar-refractivity contribution in [2.75, 3.05) is 64.9 Å². The number of methoxy groups -OCH3 is 1. The predicted molar refractivity (Wildman–Crippen MR) is 181 cm³/mol. The molecule has 0 bridgehead atoms. The number of Topliss-reactive ketones (excluding diaryl/α,β-unsaturated/α-hetero) is 1. The molecule has 0 spiro atoms. The molecule has 0 aromatic heterocycles. The van der Waals surface area contributed by atoms with Crippen LogP contribution in [0.1, 0.15) is 63.6 Å². The molecule has 240 valence electrons.